The summed E-state index contributed by atoms with van der Waals surface area (Å²) in [5, 5.41) is 11.6. The van der Waals surface area contributed by atoms with Gasteiger partial charge in [0, 0.05) is 13.0 Å². The first-order valence-corrected chi connectivity index (χ1v) is 6.17. The fourth-order valence-corrected chi connectivity index (χ4v) is 1.62. The molecule has 0 spiro atoms. The Morgan fingerprint density at radius 1 is 1.42 bits per heavy atom. The van der Waals surface area contributed by atoms with Gasteiger partial charge in [0.25, 0.3) is 0 Å². The number of methoxy groups -OCH3 is 1. The Labute approximate surface area is 112 Å². The second-order valence-corrected chi connectivity index (χ2v) is 4.12. The number of benzene rings is 1. The first-order valence-electron chi connectivity index (χ1n) is 6.17. The van der Waals surface area contributed by atoms with Crippen LogP contribution in [0.3, 0.4) is 0 Å². The average molecular weight is 264 g/mol. The number of nitrogens with one attached hydrogen (secondary N) is 1. The van der Waals surface area contributed by atoms with Crippen molar-refractivity contribution in [1.29, 1.82) is 5.26 Å². The Hall–Kier alpha value is -2.09. The van der Waals surface area contributed by atoms with E-state index in [-0.39, 0.29) is 5.97 Å². The molecule has 0 bridgehead atoms. The second-order valence-electron chi connectivity index (χ2n) is 4.12. The van der Waals surface area contributed by atoms with Crippen molar-refractivity contribution < 1.29 is 13.9 Å². The van der Waals surface area contributed by atoms with Gasteiger partial charge >= 0.3 is 5.97 Å². The van der Waals surface area contributed by atoms with Crippen molar-refractivity contribution >= 4 is 11.7 Å². The van der Waals surface area contributed by atoms with Crippen LogP contribution in [0.4, 0.5) is 10.1 Å². The molecule has 0 aliphatic carbocycles. The fraction of sp³-hybridized carbons (Fsp3) is 0.429. The SMILES string of the molecule is COC(=O)CCCCCNc1ccc(C#N)cc1F. The van der Waals surface area contributed by atoms with E-state index in [2.05, 4.69) is 10.1 Å². The molecule has 0 heterocycles. The third kappa shape index (κ3) is 5.38. The smallest absolute Gasteiger partial charge is 0.305 e. The lowest BCUT2D eigenvalue weighted by Gasteiger charge is -2.07. The van der Waals surface area contributed by atoms with E-state index < -0.39 is 5.82 Å². The predicted molar refractivity (Wildman–Crippen MR) is 70.1 cm³/mol. The molecule has 1 rings (SSSR count). The summed E-state index contributed by atoms with van der Waals surface area (Å²) in [5.41, 5.74) is 0.702. The molecule has 0 amide bonds. The molecule has 4 nitrogen and oxygen atoms in total. The Morgan fingerprint density at radius 2 is 2.21 bits per heavy atom. The van der Waals surface area contributed by atoms with Gasteiger partial charge in [-0.3, -0.25) is 4.79 Å². The van der Waals surface area contributed by atoms with Crippen LogP contribution in [0.2, 0.25) is 0 Å². The van der Waals surface area contributed by atoms with Gasteiger partial charge in [-0.25, -0.2) is 4.39 Å². The number of ether oxygens (including phenoxy) is 1. The van der Waals surface area contributed by atoms with Crippen molar-refractivity contribution in [3.8, 4) is 6.07 Å². The molecule has 0 aliphatic rings. The van der Waals surface area contributed by atoms with Crippen LogP contribution in [0.5, 0.6) is 0 Å². The zero-order valence-corrected chi connectivity index (χ0v) is 10.9. The number of carbonyl (C=O) groups excluding carboxylic acids is 1. The van der Waals surface area contributed by atoms with Gasteiger partial charge < -0.3 is 10.1 Å². The number of carbonyl (C=O) groups is 1. The zero-order valence-electron chi connectivity index (χ0n) is 10.9. The summed E-state index contributed by atoms with van der Waals surface area (Å²) in [6.07, 6.45) is 2.91. The number of nitriles is 1. The number of rotatable bonds is 7. The normalized spacial score (nSPS) is 9.74. The Bertz CT molecular complexity index is 469. The number of halogens is 1. The summed E-state index contributed by atoms with van der Waals surface area (Å²) in [6, 6.07) is 6.22. The van der Waals surface area contributed by atoms with Gasteiger partial charge in [-0.15, -0.1) is 0 Å². The van der Waals surface area contributed by atoms with E-state index in [1.54, 1.807) is 12.1 Å². The number of hydrogen-bond acceptors (Lipinski definition) is 4. The molecule has 0 unspecified atom stereocenters. The van der Waals surface area contributed by atoms with E-state index in [0.717, 1.165) is 19.3 Å². The van der Waals surface area contributed by atoms with Crippen molar-refractivity contribution in [3.63, 3.8) is 0 Å². The summed E-state index contributed by atoms with van der Waals surface area (Å²) in [5.74, 6) is -0.625. The number of nitrogens with zero attached hydrogens (tertiary/aromatic N) is 1. The summed E-state index contributed by atoms with van der Waals surface area (Å²) in [4.78, 5) is 10.9. The van der Waals surface area contributed by atoms with E-state index in [1.165, 1.54) is 13.2 Å². The van der Waals surface area contributed by atoms with Crippen LogP contribution in [0.15, 0.2) is 18.2 Å². The molecule has 102 valence electrons. The number of hydrogen-bond donors (Lipinski definition) is 1. The first kappa shape index (κ1) is 15.0. The summed E-state index contributed by atoms with van der Waals surface area (Å²) >= 11 is 0. The van der Waals surface area contributed by atoms with Gasteiger partial charge in [-0.2, -0.15) is 5.26 Å². The highest BCUT2D eigenvalue weighted by Crippen LogP contribution is 2.15. The minimum absolute atomic E-state index is 0.203. The third-order valence-electron chi connectivity index (χ3n) is 2.70. The molecule has 0 aromatic heterocycles. The Balaban J connectivity index is 2.23. The van der Waals surface area contributed by atoms with Gasteiger partial charge in [-0.1, -0.05) is 6.42 Å². The topological polar surface area (TPSA) is 62.1 Å². The van der Waals surface area contributed by atoms with Crippen LogP contribution in [-0.2, 0) is 9.53 Å². The molecular weight excluding hydrogens is 247 g/mol. The van der Waals surface area contributed by atoms with Gasteiger partial charge in [0.1, 0.15) is 5.82 Å². The minimum Gasteiger partial charge on any atom is -0.469 e. The van der Waals surface area contributed by atoms with E-state index in [4.69, 9.17) is 5.26 Å². The van der Waals surface area contributed by atoms with Crippen LogP contribution in [0.25, 0.3) is 0 Å². The highest BCUT2D eigenvalue weighted by Gasteiger charge is 2.03. The molecule has 1 aromatic carbocycles. The average Bonchev–Trinajstić information content (AvgIpc) is 2.43. The summed E-state index contributed by atoms with van der Waals surface area (Å²) in [6.45, 7) is 0.629. The highest BCUT2D eigenvalue weighted by molar-refractivity contribution is 5.68. The van der Waals surface area contributed by atoms with Crippen LogP contribution in [-0.4, -0.2) is 19.6 Å². The Morgan fingerprint density at radius 3 is 2.84 bits per heavy atom. The van der Waals surface area contributed by atoms with Gasteiger partial charge in [0.05, 0.1) is 24.4 Å². The van der Waals surface area contributed by atoms with Gasteiger partial charge in [0.2, 0.25) is 0 Å². The lowest BCUT2D eigenvalue weighted by Crippen LogP contribution is -2.04. The van der Waals surface area contributed by atoms with Crippen molar-refractivity contribution in [2.75, 3.05) is 19.0 Å². The zero-order chi connectivity index (χ0) is 14.1. The molecular formula is C14H17FN2O2. The van der Waals surface area contributed by atoms with Gasteiger partial charge in [0.15, 0.2) is 0 Å². The third-order valence-corrected chi connectivity index (χ3v) is 2.70. The number of anilines is 1. The number of esters is 1. The molecule has 1 aromatic rings. The number of unbranched alkanes of at least 4 members (excludes halogenated alkanes) is 2. The lowest BCUT2D eigenvalue weighted by atomic mass is 10.2. The molecule has 0 atom stereocenters. The maximum atomic E-state index is 13.5. The lowest BCUT2D eigenvalue weighted by molar-refractivity contribution is -0.140. The van der Waals surface area contributed by atoms with Crippen molar-refractivity contribution in [2.24, 2.45) is 0 Å². The summed E-state index contributed by atoms with van der Waals surface area (Å²) < 4.78 is 18.0. The largest absolute Gasteiger partial charge is 0.469 e. The van der Waals surface area contributed by atoms with Gasteiger partial charge in [-0.05, 0) is 31.0 Å². The molecule has 0 radical (unpaired) electrons. The molecule has 0 fully saturated rings. The van der Waals surface area contributed by atoms with Crippen molar-refractivity contribution in [2.45, 2.75) is 25.7 Å². The molecule has 0 aliphatic heterocycles. The van der Waals surface area contributed by atoms with E-state index in [0.29, 0.717) is 24.2 Å². The maximum absolute atomic E-state index is 13.5. The van der Waals surface area contributed by atoms with E-state index >= 15 is 0 Å². The molecule has 0 saturated carbocycles. The fourth-order valence-electron chi connectivity index (χ4n) is 1.62. The van der Waals surface area contributed by atoms with Crippen LogP contribution in [0, 0.1) is 17.1 Å². The summed E-state index contributed by atoms with van der Waals surface area (Å²) in [7, 11) is 1.37. The molecule has 0 saturated heterocycles. The minimum atomic E-state index is -0.423. The first-order chi connectivity index (χ1) is 9.17. The second kappa shape index (κ2) is 8.09. The Kier molecular flexibility index (Phi) is 6.37. The van der Waals surface area contributed by atoms with Crippen LogP contribution >= 0.6 is 0 Å². The highest BCUT2D eigenvalue weighted by atomic mass is 19.1. The predicted octanol–water partition coefficient (Wildman–Crippen LogP) is 2.84. The maximum Gasteiger partial charge on any atom is 0.305 e. The van der Waals surface area contributed by atoms with Crippen molar-refractivity contribution in [1.82, 2.24) is 0 Å². The van der Waals surface area contributed by atoms with E-state index in [1.807, 2.05) is 6.07 Å². The van der Waals surface area contributed by atoms with E-state index in [9.17, 15) is 9.18 Å². The van der Waals surface area contributed by atoms with Crippen molar-refractivity contribution in [3.05, 3.63) is 29.6 Å². The molecule has 1 N–H and O–H groups in total. The quantitative estimate of drug-likeness (QED) is 0.607. The van der Waals surface area contributed by atoms with Crippen LogP contribution < -0.4 is 5.32 Å². The van der Waals surface area contributed by atoms with Crippen LogP contribution in [0.1, 0.15) is 31.2 Å². The standard InChI is InChI=1S/C14H17FN2O2/c1-19-14(18)5-3-2-4-8-17-13-7-6-11(10-16)9-12(13)15/h6-7,9,17H,2-5,8H2,1H3. The molecule has 5 heteroatoms. The molecule has 19 heavy (non-hydrogen) atoms. The monoisotopic (exact) mass is 264 g/mol.